The molecular weight excluding hydrogens is 308 g/mol. The first-order chi connectivity index (χ1) is 8.24. The minimum absolute atomic E-state index is 0.162. The Balaban J connectivity index is 2.94. The highest BCUT2D eigenvalue weighted by atomic mass is 35.5. The highest BCUT2D eigenvalue weighted by Crippen LogP contribution is 2.43. The molecule has 0 spiro atoms. The molecule has 0 saturated carbocycles. The number of carboxylic acids is 1. The molecule has 0 heterocycles. The summed E-state index contributed by atoms with van der Waals surface area (Å²) in [5.41, 5.74) is -0.513. The summed E-state index contributed by atoms with van der Waals surface area (Å²) in [5.74, 6) is -4.41. The third-order valence-electron chi connectivity index (χ3n) is 2.25. The standard InChI is InChI=1S/C11H9Cl3F2O2/c12-6-4-7(13)10(8(14)5-6)11(15,16)3-1-2-9(17)18/h4-5H,1-3H2,(H,17,18). The Morgan fingerprint density at radius 3 is 2.17 bits per heavy atom. The van der Waals surface area contributed by atoms with Gasteiger partial charge in [-0.05, 0) is 18.6 Å². The van der Waals surface area contributed by atoms with Crippen molar-refractivity contribution in [1.82, 2.24) is 0 Å². The van der Waals surface area contributed by atoms with Crippen molar-refractivity contribution < 1.29 is 18.7 Å². The van der Waals surface area contributed by atoms with E-state index >= 15 is 0 Å². The molecule has 0 saturated heterocycles. The Hall–Kier alpha value is -0.580. The highest BCUT2D eigenvalue weighted by molar-refractivity contribution is 6.39. The van der Waals surface area contributed by atoms with Crippen molar-refractivity contribution in [3.05, 3.63) is 32.8 Å². The van der Waals surface area contributed by atoms with Gasteiger partial charge in [0.05, 0.1) is 15.6 Å². The summed E-state index contributed by atoms with van der Waals surface area (Å²) < 4.78 is 27.7. The first-order valence-corrected chi connectivity index (χ1v) is 6.12. The van der Waals surface area contributed by atoms with Gasteiger partial charge in [-0.2, -0.15) is 0 Å². The van der Waals surface area contributed by atoms with Crippen molar-refractivity contribution in [2.45, 2.75) is 25.2 Å². The molecule has 0 bridgehead atoms. The first kappa shape index (κ1) is 15.5. The Morgan fingerprint density at radius 2 is 1.72 bits per heavy atom. The molecule has 1 rings (SSSR count). The van der Waals surface area contributed by atoms with Crippen molar-refractivity contribution >= 4 is 40.8 Å². The topological polar surface area (TPSA) is 37.3 Å². The third-order valence-corrected chi connectivity index (χ3v) is 3.07. The second kappa shape index (κ2) is 6.04. The third kappa shape index (κ3) is 3.97. The molecule has 0 fully saturated rings. The summed E-state index contributed by atoms with van der Waals surface area (Å²) >= 11 is 17.0. The van der Waals surface area contributed by atoms with Crippen LogP contribution in [0.15, 0.2) is 12.1 Å². The Bertz CT molecular complexity index is 441. The molecule has 1 aromatic carbocycles. The number of halogens is 5. The molecule has 0 aliphatic carbocycles. The van der Waals surface area contributed by atoms with Crippen LogP contribution in [-0.2, 0) is 10.7 Å². The zero-order chi connectivity index (χ0) is 13.9. The summed E-state index contributed by atoms with van der Waals surface area (Å²) in [7, 11) is 0. The molecule has 0 aliphatic rings. The fourth-order valence-corrected chi connectivity index (χ4v) is 2.57. The van der Waals surface area contributed by atoms with Crippen LogP contribution in [-0.4, -0.2) is 11.1 Å². The maximum absolute atomic E-state index is 13.9. The van der Waals surface area contributed by atoms with Gasteiger partial charge in [-0.15, -0.1) is 0 Å². The van der Waals surface area contributed by atoms with Crippen LogP contribution >= 0.6 is 34.8 Å². The molecule has 0 aliphatic heterocycles. The Kier molecular flexibility index (Phi) is 5.20. The number of carboxylic acid groups (broad SMARTS) is 1. The van der Waals surface area contributed by atoms with Gasteiger partial charge in [0, 0.05) is 17.9 Å². The van der Waals surface area contributed by atoms with E-state index in [0.717, 1.165) is 0 Å². The predicted octanol–water partition coefficient (Wildman–Crippen LogP) is 4.99. The summed E-state index contributed by atoms with van der Waals surface area (Å²) in [4.78, 5) is 10.3. The molecule has 0 unspecified atom stereocenters. The van der Waals surface area contributed by atoms with E-state index in [2.05, 4.69) is 0 Å². The zero-order valence-corrected chi connectivity index (χ0v) is 11.3. The molecule has 1 N–H and O–H groups in total. The molecule has 0 aromatic heterocycles. The van der Waals surface area contributed by atoms with Crippen LogP contribution in [0, 0.1) is 0 Å². The van der Waals surface area contributed by atoms with Crippen LogP contribution in [0.5, 0.6) is 0 Å². The number of alkyl halides is 2. The van der Waals surface area contributed by atoms with E-state index in [1.165, 1.54) is 12.1 Å². The maximum Gasteiger partial charge on any atom is 0.303 e. The van der Waals surface area contributed by atoms with Crippen LogP contribution in [0.25, 0.3) is 0 Å². The molecular formula is C11H9Cl3F2O2. The summed E-state index contributed by atoms with van der Waals surface area (Å²) in [6.45, 7) is 0. The van der Waals surface area contributed by atoms with E-state index in [4.69, 9.17) is 39.9 Å². The second-order valence-corrected chi connectivity index (χ2v) is 4.95. The van der Waals surface area contributed by atoms with Crippen LogP contribution in [0.2, 0.25) is 15.1 Å². The Morgan fingerprint density at radius 1 is 1.22 bits per heavy atom. The SMILES string of the molecule is O=C(O)CCCC(F)(F)c1c(Cl)cc(Cl)cc1Cl. The van der Waals surface area contributed by atoms with E-state index < -0.39 is 23.9 Å². The minimum Gasteiger partial charge on any atom is -0.481 e. The monoisotopic (exact) mass is 316 g/mol. The fraction of sp³-hybridized carbons (Fsp3) is 0.364. The van der Waals surface area contributed by atoms with E-state index in [0.29, 0.717) is 0 Å². The number of carbonyl (C=O) groups is 1. The lowest BCUT2D eigenvalue weighted by Crippen LogP contribution is -2.15. The lowest BCUT2D eigenvalue weighted by atomic mass is 10.0. The number of benzene rings is 1. The van der Waals surface area contributed by atoms with Crippen molar-refractivity contribution in [1.29, 1.82) is 0 Å². The van der Waals surface area contributed by atoms with Crippen LogP contribution < -0.4 is 0 Å². The summed E-state index contributed by atoms with van der Waals surface area (Å²) in [6, 6.07) is 2.35. The quantitative estimate of drug-likeness (QED) is 0.830. The van der Waals surface area contributed by atoms with Gasteiger partial charge in [-0.1, -0.05) is 34.8 Å². The van der Waals surface area contributed by atoms with Crippen LogP contribution in [0.1, 0.15) is 24.8 Å². The molecule has 100 valence electrons. The van der Waals surface area contributed by atoms with Crippen molar-refractivity contribution in [2.75, 3.05) is 0 Å². The number of rotatable bonds is 5. The van der Waals surface area contributed by atoms with Gasteiger partial charge in [0.25, 0.3) is 5.92 Å². The highest BCUT2D eigenvalue weighted by Gasteiger charge is 2.35. The lowest BCUT2D eigenvalue weighted by Gasteiger charge is -2.19. The van der Waals surface area contributed by atoms with Crippen molar-refractivity contribution in [3.63, 3.8) is 0 Å². The van der Waals surface area contributed by atoms with Gasteiger partial charge < -0.3 is 5.11 Å². The van der Waals surface area contributed by atoms with Gasteiger partial charge in [-0.25, -0.2) is 8.78 Å². The normalized spacial score (nSPS) is 11.6. The van der Waals surface area contributed by atoms with Gasteiger partial charge in [-0.3, -0.25) is 4.79 Å². The maximum atomic E-state index is 13.9. The number of hydrogen-bond donors (Lipinski definition) is 1. The van der Waals surface area contributed by atoms with E-state index in [9.17, 15) is 13.6 Å². The van der Waals surface area contributed by atoms with Gasteiger partial charge in [0.15, 0.2) is 0 Å². The second-order valence-electron chi connectivity index (χ2n) is 3.70. The lowest BCUT2D eigenvalue weighted by molar-refractivity contribution is -0.137. The van der Waals surface area contributed by atoms with E-state index in [-0.39, 0.29) is 27.9 Å². The van der Waals surface area contributed by atoms with Crippen molar-refractivity contribution in [2.24, 2.45) is 0 Å². The summed E-state index contributed by atoms with van der Waals surface area (Å²) in [6.07, 6.45) is -1.14. The average molecular weight is 318 g/mol. The molecule has 0 amide bonds. The van der Waals surface area contributed by atoms with E-state index in [1.807, 2.05) is 0 Å². The first-order valence-electron chi connectivity index (χ1n) is 4.98. The minimum atomic E-state index is -3.28. The van der Waals surface area contributed by atoms with Crippen LogP contribution in [0.3, 0.4) is 0 Å². The molecule has 2 nitrogen and oxygen atoms in total. The van der Waals surface area contributed by atoms with Gasteiger partial charge in [0.1, 0.15) is 0 Å². The van der Waals surface area contributed by atoms with Crippen LogP contribution in [0.4, 0.5) is 8.78 Å². The fourth-order valence-electron chi connectivity index (χ4n) is 1.48. The molecule has 0 atom stereocenters. The predicted molar refractivity (Wildman–Crippen MR) is 66.9 cm³/mol. The molecule has 7 heteroatoms. The largest absolute Gasteiger partial charge is 0.481 e. The molecule has 18 heavy (non-hydrogen) atoms. The Labute approximate surface area is 117 Å². The smallest absolute Gasteiger partial charge is 0.303 e. The van der Waals surface area contributed by atoms with Gasteiger partial charge in [0.2, 0.25) is 0 Å². The summed E-state index contributed by atoms with van der Waals surface area (Å²) in [5, 5.41) is 8.12. The average Bonchev–Trinajstić information content (AvgIpc) is 2.13. The van der Waals surface area contributed by atoms with Gasteiger partial charge >= 0.3 is 5.97 Å². The number of aliphatic carboxylic acids is 1. The van der Waals surface area contributed by atoms with E-state index in [1.54, 1.807) is 0 Å². The molecule has 1 aromatic rings. The number of hydrogen-bond acceptors (Lipinski definition) is 1. The zero-order valence-electron chi connectivity index (χ0n) is 9.02. The molecule has 0 radical (unpaired) electrons. The van der Waals surface area contributed by atoms with Crippen molar-refractivity contribution in [3.8, 4) is 0 Å².